The first kappa shape index (κ1) is 18.9. The predicted octanol–water partition coefficient (Wildman–Crippen LogP) is 4.22. The van der Waals surface area contributed by atoms with Crippen molar-refractivity contribution >= 4 is 29.2 Å². The summed E-state index contributed by atoms with van der Waals surface area (Å²) in [6.07, 6.45) is 0. The van der Waals surface area contributed by atoms with Gasteiger partial charge in [0.25, 0.3) is 5.91 Å². The van der Waals surface area contributed by atoms with Crippen molar-refractivity contribution in [2.24, 2.45) is 0 Å². The Bertz CT molecular complexity index is 781. The van der Waals surface area contributed by atoms with Gasteiger partial charge in [-0.3, -0.25) is 4.79 Å². The van der Waals surface area contributed by atoms with E-state index in [2.05, 4.69) is 0 Å². The summed E-state index contributed by atoms with van der Waals surface area (Å²) in [5.74, 6) is -3.86. The molecular formula is C18H16ClF2NO3. The lowest BCUT2D eigenvalue weighted by Crippen LogP contribution is -2.39. The van der Waals surface area contributed by atoms with E-state index < -0.39 is 30.1 Å². The standard InChI is InChI=1S/C18H16ClF2NO3/c1-11(2)22(12-6-4-3-5-7-12)17(23)10-25-18(24)13-8-15(20)16(21)9-14(13)19/h3-9,11H,10H2,1-2H3. The van der Waals surface area contributed by atoms with Gasteiger partial charge in [-0.05, 0) is 38.1 Å². The second kappa shape index (κ2) is 8.07. The molecule has 2 aromatic carbocycles. The first-order valence-corrected chi connectivity index (χ1v) is 7.88. The van der Waals surface area contributed by atoms with Crippen LogP contribution in [0.3, 0.4) is 0 Å². The number of rotatable bonds is 5. The molecule has 0 saturated carbocycles. The van der Waals surface area contributed by atoms with Gasteiger partial charge in [-0.1, -0.05) is 29.8 Å². The molecule has 0 unspecified atom stereocenters. The summed E-state index contributed by atoms with van der Waals surface area (Å²) in [4.78, 5) is 25.9. The molecule has 0 bridgehead atoms. The van der Waals surface area contributed by atoms with Crippen LogP contribution in [0.5, 0.6) is 0 Å². The van der Waals surface area contributed by atoms with Gasteiger partial charge in [0.05, 0.1) is 10.6 Å². The number of nitrogens with zero attached hydrogens (tertiary/aromatic N) is 1. The van der Waals surface area contributed by atoms with Crippen molar-refractivity contribution in [1.82, 2.24) is 0 Å². The van der Waals surface area contributed by atoms with E-state index in [0.717, 1.165) is 0 Å². The molecule has 0 heterocycles. The molecule has 0 N–H and O–H groups in total. The summed E-state index contributed by atoms with van der Waals surface area (Å²) >= 11 is 5.72. The Kier molecular flexibility index (Phi) is 6.09. The minimum Gasteiger partial charge on any atom is -0.452 e. The van der Waals surface area contributed by atoms with Crippen molar-refractivity contribution in [3.8, 4) is 0 Å². The largest absolute Gasteiger partial charge is 0.452 e. The van der Waals surface area contributed by atoms with E-state index in [1.807, 2.05) is 19.9 Å². The smallest absolute Gasteiger partial charge is 0.340 e. The van der Waals surface area contributed by atoms with Crippen molar-refractivity contribution in [3.05, 3.63) is 64.7 Å². The normalized spacial score (nSPS) is 10.6. The Balaban J connectivity index is 2.10. The van der Waals surface area contributed by atoms with E-state index in [-0.39, 0.29) is 16.6 Å². The quantitative estimate of drug-likeness (QED) is 0.587. The van der Waals surface area contributed by atoms with Crippen LogP contribution in [0, 0.1) is 11.6 Å². The molecule has 132 valence electrons. The Morgan fingerprint density at radius 2 is 1.72 bits per heavy atom. The monoisotopic (exact) mass is 367 g/mol. The number of anilines is 1. The Labute approximate surface area is 149 Å². The second-order valence-electron chi connectivity index (χ2n) is 5.52. The van der Waals surface area contributed by atoms with Crippen LogP contribution in [0.2, 0.25) is 5.02 Å². The Morgan fingerprint density at radius 1 is 1.12 bits per heavy atom. The maximum absolute atomic E-state index is 13.3. The van der Waals surface area contributed by atoms with Crippen LogP contribution in [0.25, 0.3) is 0 Å². The number of ether oxygens (including phenoxy) is 1. The molecule has 0 aliphatic carbocycles. The highest BCUT2D eigenvalue weighted by Crippen LogP contribution is 2.21. The van der Waals surface area contributed by atoms with Gasteiger partial charge in [-0.15, -0.1) is 0 Å². The fourth-order valence-electron chi connectivity index (χ4n) is 2.27. The highest BCUT2D eigenvalue weighted by Gasteiger charge is 2.22. The lowest BCUT2D eigenvalue weighted by atomic mass is 10.2. The third-order valence-corrected chi connectivity index (χ3v) is 3.69. The van der Waals surface area contributed by atoms with Crippen LogP contribution in [-0.4, -0.2) is 24.5 Å². The molecule has 2 aromatic rings. The third kappa shape index (κ3) is 4.54. The molecule has 7 heteroatoms. The van der Waals surface area contributed by atoms with Gasteiger partial charge in [0.2, 0.25) is 0 Å². The highest BCUT2D eigenvalue weighted by molar-refractivity contribution is 6.33. The zero-order chi connectivity index (χ0) is 18.6. The van der Waals surface area contributed by atoms with Crippen LogP contribution < -0.4 is 4.90 Å². The van der Waals surface area contributed by atoms with Gasteiger partial charge in [0, 0.05) is 11.7 Å². The number of hydrogen-bond acceptors (Lipinski definition) is 3. The molecule has 2 rings (SSSR count). The van der Waals surface area contributed by atoms with Gasteiger partial charge < -0.3 is 9.64 Å². The average Bonchev–Trinajstić information content (AvgIpc) is 2.56. The molecule has 0 saturated heterocycles. The van der Waals surface area contributed by atoms with Crippen molar-refractivity contribution in [2.45, 2.75) is 19.9 Å². The number of carbonyl (C=O) groups is 2. The summed E-state index contributed by atoms with van der Waals surface area (Å²) in [5, 5.41) is -0.292. The summed E-state index contributed by atoms with van der Waals surface area (Å²) in [5.41, 5.74) is 0.314. The molecule has 0 atom stereocenters. The molecular weight excluding hydrogens is 352 g/mol. The molecule has 0 radical (unpaired) electrons. The van der Waals surface area contributed by atoms with E-state index in [4.69, 9.17) is 16.3 Å². The van der Waals surface area contributed by atoms with Crippen molar-refractivity contribution < 1.29 is 23.1 Å². The SMILES string of the molecule is CC(C)N(C(=O)COC(=O)c1cc(F)c(F)cc1Cl)c1ccccc1. The first-order chi connectivity index (χ1) is 11.8. The number of halogens is 3. The second-order valence-corrected chi connectivity index (χ2v) is 5.92. The lowest BCUT2D eigenvalue weighted by Gasteiger charge is -2.26. The number of benzene rings is 2. The van der Waals surface area contributed by atoms with Gasteiger partial charge in [0.15, 0.2) is 18.2 Å². The van der Waals surface area contributed by atoms with Crippen LogP contribution in [-0.2, 0) is 9.53 Å². The van der Waals surface area contributed by atoms with E-state index in [0.29, 0.717) is 17.8 Å². The number of esters is 1. The lowest BCUT2D eigenvalue weighted by molar-refractivity contribution is -0.122. The van der Waals surface area contributed by atoms with Gasteiger partial charge in [-0.2, -0.15) is 0 Å². The number of para-hydroxylation sites is 1. The highest BCUT2D eigenvalue weighted by atomic mass is 35.5. The fraction of sp³-hybridized carbons (Fsp3) is 0.222. The maximum atomic E-state index is 13.3. The molecule has 25 heavy (non-hydrogen) atoms. The summed E-state index contributed by atoms with van der Waals surface area (Å²) < 4.78 is 31.2. The van der Waals surface area contributed by atoms with Crippen LogP contribution >= 0.6 is 11.6 Å². The molecule has 0 aliphatic rings. The average molecular weight is 368 g/mol. The van der Waals surface area contributed by atoms with Gasteiger partial charge in [-0.25, -0.2) is 13.6 Å². The fourth-order valence-corrected chi connectivity index (χ4v) is 2.50. The summed E-state index contributed by atoms with van der Waals surface area (Å²) in [6, 6.07) is 10.0. The summed E-state index contributed by atoms with van der Waals surface area (Å²) in [6.45, 7) is 3.08. The number of hydrogen-bond donors (Lipinski definition) is 0. The maximum Gasteiger partial charge on any atom is 0.340 e. The van der Waals surface area contributed by atoms with E-state index >= 15 is 0 Å². The van der Waals surface area contributed by atoms with Crippen molar-refractivity contribution in [1.29, 1.82) is 0 Å². The minimum atomic E-state index is -1.23. The Hall–Kier alpha value is -2.47. The topological polar surface area (TPSA) is 46.6 Å². The molecule has 4 nitrogen and oxygen atoms in total. The minimum absolute atomic E-state index is 0.166. The Morgan fingerprint density at radius 3 is 2.32 bits per heavy atom. The molecule has 0 spiro atoms. The molecule has 0 fully saturated rings. The van der Waals surface area contributed by atoms with Crippen LogP contribution in [0.4, 0.5) is 14.5 Å². The van der Waals surface area contributed by atoms with E-state index in [1.54, 1.807) is 24.3 Å². The predicted molar refractivity (Wildman–Crippen MR) is 90.7 cm³/mol. The van der Waals surface area contributed by atoms with Gasteiger partial charge in [0.1, 0.15) is 0 Å². The van der Waals surface area contributed by atoms with Crippen LogP contribution in [0.15, 0.2) is 42.5 Å². The van der Waals surface area contributed by atoms with Gasteiger partial charge >= 0.3 is 5.97 Å². The first-order valence-electron chi connectivity index (χ1n) is 7.50. The van der Waals surface area contributed by atoms with Crippen LogP contribution in [0.1, 0.15) is 24.2 Å². The summed E-state index contributed by atoms with van der Waals surface area (Å²) in [7, 11) is 0. The van der Waals surface area contributed by atoms with Crippen molar-refractivity contribution in [2.75, 3.05) is 11.5 Å². The third-order valence-electron chi connectivity index (χ3n) is 3.38. The molecule has 1 amide bonds. The van der Waals surface area contributed by atoms with E-state index in [9.17, 15) is 18.4 Å². The zero-order valence-corrected chi connectivity index (χ0v) is 14.4. The molecule has 0 aliphatic heterocycles. The number of carbonyl (C=O) groups excluding carboxylic acids is 2. The van der Waals surface area contributed by atoms with E-state index in [1.165, 1.54) is 4.90 Å². The van der Waals surface area contributed by atoms with Crippen molar-refractivity contribution in [3.63, 3.8) is 0 Å². The zero-order valence-electron chi connectivity index (χ0n) is 13.6. The molecule has 0 aromatic heterocycles. The number of amides is 1.